The fraction of sp³-hybridized carbons (Fsp3) is 0.929. The van der Waals surface area contributed by atoms with Crippen LogP contribution in [0, 0.1) is 11.8 Å². The molecule has 1 aliphatic carbocycles. The number of morpholine rings is 1. The minimum Gasteiger partial charge on any atom is -0.373 e. The maximum atomic E-state index is 12.4. The number of carbonyl (C=O) groups excluding carboxylic acids is 1. The zero-order valence-electron chi connectivity index (χ0n) is 11.8. The Morgan fingerprint density at radius 1 is 1.32 bits per heavy atom. The third-order valence-electron chi connectivity index (χ3n) is 4.49. The van der Waals surface area contributed by atoms with Crippen LogP contribution < -0.4 is 5.73 Å². The van der Waals surface area contributed by atoms with Crippen LogP contribution in [0.15, 0.2) is 0 Å². The zero-order valence-corrected chi connectivity index (χ0v) is 12.7. The first kappa shape index (κ1) is 16.7. The van der Waals surface area contributed by atoms with Crippen molar-refractivity contribution in [3.63, 3.8) is 0 Å². The average molecular weight is 291 g/mol. The van der Waals surface area contributed by atoms with Crippen molar-refractivity contribution in [3.8, 4) is 0 Å². The van der Waals surface area contributed by atoms with Crippen molar-refractivity contribution in [1.29, 1.82) is 0 Å². The summed E-state index contributed by atoms with van der Waals surface area (Å²) in [5.41, 5.74) is 5.62. The Bertz CT molecular complexity index is 281. The second kappa shape index (κ2) is 8.08. The highest BCUT2D eigenvalue weighted by Crippen LogP contribution is 2.31. The number of nitrogens with zero attached hydrogens (tertiary/aromatic N) is 1. The minimum absolute atomic E-state index is 0. The Hall–Kier alpha value is -0.320. The summed E-state index contributed by atoms with van der Waals surface area (Å²) in [7, 11) is 0. The van der Waals surface area contributed by atoms with E-state index in [2.05, 4.69) is 6.92 Å². The number of ether oxygens (including phenoxy) is 1. The molecule has 0 aromatic rings. The number of rotatable bonds is 3. The van der Waals surface area contributed by atoms with Crippen LogP contribution >= 0.6 is 12.4 Å². The molecule has 5 heteroatoms. The first-order chi connectivity index (χ1) is 8.74. The molecule has 1 unspecified atom stereocenters. The summed E-state index contributed by atoms with van der Waals surface area (Å²) in [4.78, 5) is 14.4. The largest absolute Gasteiger partial charge is 0.373 e. The lowest BCUT2D eigenvalue weighted by molar-refractivity contribution is -0.144. The molecule has 2 rings (SSSR count). The summed E-state index contributed by atoms with van der Waals surface area (Å²) in [6, 6.07) is 0. The topological polar surface area (TPSA) is 55.6 Å². The standard InChI is InChI=1S/C14H26N2O2.ClH/c1-2-11-3-5-12(6-4-11)14(17)16-7-8-18-13(9-15)10-16;/h11-13H,2-10,15H2,1H3;1H. The highest BCUT2D eigenvalue weighted by Gasteiger charge is 2.31. The van der Waals surface area contributed by atoms with Gasteiger partial charge >= 0.3 is 0 Å². The smallest absolute Gasteiger partial charge is 0.225 e. The van der Waals surface area contributed by atoms with Gasteiger partial charge < -0.3 is 15.4 Å². The number of halogens is 1. The number of amides is 1. The molecule has 0 spiro atoms. The van der Waals surface area contributed by atoms with E-state index in [0.29, 0.717) is 25.6 Å². The number of carbonyl (C=O) groups is 1. The molecule has 19 heavy (non-hydrogen) atoms. The van der Waals surface area contributed by atoms with Crippen molar-refractivity contribution in [2.75, 3.05) is 26.2 Å². The highest BCUT2D eigenvalue weighted by atomic mass is 35.5. The van der Waals surface area contributed by atoms with E-state index in [-0.39, 0.29) is 24.4 Å². The molecule has 0 radical (unpaired) electrons. The maximum Gasteiger partial charge on any atom is 0.225 e. The molecule has 112 valence electrons. The van der Waals surface area contributed by atoms with Gasteiger partial charge in [0.15, 0.2) is 0 Å². The lowest BCUT2D eigenvalue weighted by Gasteiger charge is -2.36. The lowest BCUT2D eigenvalue weighted by Crippen LogP contribution is -2.50. The van der Waals surface area contributed by atoms with Gasteiger partial charge in [-0.25, -0.2) is 0 Å². The SMILES string of the molecule is CCC1CCC(C(=O)N2CCOC(CN)C2)CC1.Cl. The third kappa shape index (κ3) is 4.33. The van der Waals surface area contributed by atoms with Crippen LogP contribution in [0.4, 0.5) is 0 Å². The Balaban J connectivity index is 0.00000180. The second-order valence-corrected chi connectivity index (χ2v) is 5.64. The molecule has 4 nitrogen and oxygen atoms in total. The lowest BCUT2D eigenvalue weighted by atomic mass is 9.80. The zero-order chi connectivity index (χ0) is 13.0. The highest BCUT2D eigenvalue weighted by molar-refractivity contribution is 5.85. The first-order valence-electron chi connectivity index (χ1n) is 7.35. The molecule has 1 saturated carbocycles. The summed E-state index contributed by atoms with van der Waals surface area (Å²) in [5, 5.41) is 0. The van der Waals surface area contributed by atoms with Gasteiger partial charge in [0.2, 0.25) is 5.91 Å². The van der Waals surface area contributed by atoms with E-state index < -0.39 is 0 Å². The predicted octanol–water partition coefficient (Wildman–Crippen LogP) is 1.81. The molecule has 1 amide bonds. The number of hydrogen-bond donors (Lipinski definition) is 1. The summed E-state index contributed by atoms with van der Waals surface area (Å²) in [5.74, 6) is 1.44. The van der Waals surface area contributed by atoms with Crippen molar-refractivity contribution in [2.24, 2.45) is 17.6 Å². The molecular weight excluding hydrogens is 264 g/mol. The summed E-state index contributed by atoms with van der Waals surface area (Å²) >= 11 is 0. The van der Waals surface area contributed by atoms with Gasteiger partial charge in [0.25, 0.3) is 0 Å². The maximum absolute atomic E-state index is 12.4. The Labute approximate surface area is 122 Å². The molecule has 0 aromatic carbocycles. The van der Waals surface area contributed by atoms with Gasteiger partial charge in [0.05, 0.1) is 12.7 Å². The fourth-order valence-electron chi connectivity index (χ4n) is 3.14. The van der Waals surface area contributed by atoms with E-state index in [1.54, 1.807) is 0 Å². The summed E-state index contributed by atoms with van der Waals surface area (Å²) < 4.78 is 5.51. The van der Waals surface area contributed by atoms with Gasteiger partial charge in [-0.2, -0.15) is 0 Å². The Morgan fingerprint density at radius 3 is 2.58 bits per heavy atom. The van der Waals surface area contributed by atoms with Crippen molar-refractivity contribution < 1.29 is 9.53 Å². The molecule has 1 heterocycles. The van der Waals surface area contributed by atoms with Gasteiger partial charge in [0.1, 0.15) is 0 Å². The van der Waals surface area contributed by atoms with Gasteiger partial charge in [-0.15, -0.1) is 12.4 Å². The van der Waals surface area contributed by atoms with Crippen molar-refractivity contribution in [2.45, 2.75) is 45.1 Å². The van der Waals surface area contributed by atoms with Crippen LogP contribution in [0.2, 0.25) is 0 Å². The van der Waals surface area contributed by atoms with Crippen molar-refractivity contribution in [3.05, 3.63) is 0 Å². The van der Waals surface area contributed by atoms with Gasteiger partial charge in [0, 0.05) is 25.6 Å². The molecule has 2 N–H and O–H groups in total. The van der Waals surface area contributed by atoms with E-state index in [1.165, 1.54) is 19.3 Å². The average Bonchev–Trinajstić information content (AvgIpc) is 2.46. The van der Waals surface area contributed by atoms with Gasteiger partial charge in [-0.1, -0.05) is 13.3 Å². The van der Waals surface area contributed by atoms with E-state index in [9.17, 15) is 4.79 Å². The van der Waals surface area contributed by atoms with Crippen LogP contribution in [0.25, 0.3) is 0 Å². The van der Waals surface area contributed by atoms with Gasteiger partial charge in [-0.3, -0.25) is 4.79 Å². The molecule has 1 saturated heterocycles. The van der Waals surface area contributed by atoms with Gasteiger partial charge in [-0.05, 0) is 31.6 Å². The van der Waals surface area contributed by atoms with Crippen molar-refractivity contribution >= 4 is 18.3 Å². The normalized spacial score (nSPS) is 31.7. The van der Waals surface area contributed by atoms with Crippen LogP contribution in [-0.4, -0.2) is 43.2 Å². The first-order valence-corrected chi connectivity index (χ1v) is 7.35. The second-order valence-electron chi connectivity index (χ2n) is 5.64. The molecular formula is C14H27ClN2O2. The third-order valence-corrected chi connectivity index (χ3v) is 4.49. The molecule has 0 bridgehead atoms. The number of nitrogens with two attached hydrogens (primary N) is 1. The van der Waals surface area contributed by atoms with E-state index >= 15 is 0 Å². The molecule has 2 aliphatic rings. The fourth-order valence-corrected chi connectivity index (χ4v) is 3.14. The minimum atomic E-state index is 0. The Kier molecular flexibility index (Phi) is 7.11. The van der Waals surface area contributed by atoms with E-state index in [4.69, 9.17) is 10.5 Å². The number of hydrogen-bond acceptors (Lipinski definition) is 3. The molecule has 0 aromatic heterocycles. The van der Waals surface area contributed by atoms with Crippen LogP contribution in [0.5, 0.6) is 0 Å². The van der Waals surface area contributed by atoms with Crippen molar-refractivity contribution in [1.82, 2.24) is 4.90 Å². The quantitative estimate of drug-likeness (QED) is 0.862. The summed E-state index contributed by atoms with van der Waals surface area (Å²) in [6.07, 6.45) is 5.88. The predicted molar refractivity (Wildman–Crippen MR) is 78.4 cm³/mol. The summed E-state index contributed by atoms with van der Waals surface area (Å²) in [6.45, 7) is 4.82. The van der Waals surface area contributed by atoms with E-state index in [1.807, 2.05) is 4.90 Å². The monoisotopic (exact) mass is 290 g/mol. The van der Waals surface area contributed by atoms with Crippen LogP contribution in [0.1, 0.15) is 39.0 Å². The Morgan fingerprint density at radius 2 is 2.00 bits per heavy atom. The van der Waals surface area contributed by atoms with Crippen LogP contribution in [0.3, 0.4) is 0 Å². The van der Waals surface area contributed by atoms with Crippen LogP contribution in [-0.2, 0) is 9.53 Å². The molecule has 1 aliphatic heterocycles. The molecule has 1 atom stereocenters. The van der Waals surface area contributed by atoms with E-state index in [0.717, 1.165) is 25.3 Å². The molecule has 2 fully saturated rings.